The van der Waals surface area contributed by atoms with Crippen LogP contribution < -0.4 is 15.5 Å². The van der Waals surface area contributed by atoms with Gasteiger partial charge in [0, 0.05) is 39.0 Å². The Morgan fingerprint density at radius 3 is 2.30 bits per heavy atom. The van der Waals surface area contributed by atoms with Crippen LogP contribution in [-0.2, 0) is 9.53 Å². The first kappa shape index (κ1) is 20.2. The predicted octanol–water partition coefficient (Wildman–Crippen LogP) is 2.29. The number of hydrogen-bond donors (Lipinski definition) is 2. The zero-order valence-electron chi connectivity index (χ0n) is 15.9. The number of rotatable bonds is 8. The van der Waals surface area contributed by atoms with Crippen molar-refractivity contribution in [2.75, 3.05) is 39.3 Å². The Morgan fingerprint density at radius 2 is 1.70 bits per heavy atom. The van der Waals surface area contributed by atoms with E-state index < -0.39 is 0 Å². The first-order valence-corrected chi connectivity index (χ1v) is 8.64. The van der Waals surface area contributed by atoms with Gasteiger partial charge in [-0.1, -0.05) is 30.3 Å². The number of carbonyl (C=O) groups is 2. The number of nitrogens with one attached hydrogen (secondary N) is 2. The number of benzene rings is 2. The Balaban J connectivity index is 2.22. The van der Waals surface area contributed by atoms with Crippen molar-refractivity contribution in [2.45, 2.75) is 0 Å². The maximum Gasteiger partial charge on any atom is 0.267 e. The second kappa shape index (κ2) is 10.1. The van der Waals surface area contributed by atoms with Gasteiger partial charge in [-0.3, -0.25) is 9.59 Å². The van der Waals surface area contributed by atoms with Crippen LogP contribution in [-0.4, -0.2) is 46.2 Å². The van der Waals surface area contributed by atoms with Gasteiger partial charge in [-0.15, -0.1) is 0 Å². The highest BCUT2D eigenvalue weighted by atomic mass is 16.5. The van der Waals surface area contributed by atoms with Crippen molar-refractivity contribution in [3.8, 4) is 0 Å². The molecule has 142 valence electrons. The highest BCUT2D eigenvalue weighted by Gasteiger charge is 2.14. The van der Waals surface area contributed by atoms with Crippen molar-refractivity contribution >= 4 is 23.6 Å². The van der Waals surface area contributed by atoms with Crippen LogP contribution in [0.4, 0.5) is 5.69 Å². The predicted molar refractivity (Wildman–Crippen MR) is 108 cm³/mol. The van der Waals surface area contributed by atoms with Crippen LogP contribution in [0.15, 0.2) is 60.3 Å². The van der Waals surface area contributed by atoms with Gasteiger partial charge < -0.3 is 20.3 Å². The number of ether oxygens (including phenoxy) is 1. The lowest BCUT2D eigenvalue weighted by Crippen LogP contribution is -2.36. The summed E-state index contributed by atoms with van der Waals surface area (Å²) in [5.41, 5.74) is 2.52. The minimum atomic E-state index is -0.368. The third-order valence-electron chi connectivity index (χ3n) is 3.84. The van der Waals surface area contributed by atoms with Crippen molar-refractivity contribution in [2.24, 2.45) is 0 Å². The van der Waals surface area contributed by atoms with Crippen LogP contribution >= 0.6 is 0 Å². The van der Waals surface area contributed by atoms with E-state index in [-0.39, 0.29) is 17.5 Å². The molecule has 6 heteroatoms. The summed E-state index contributed by atoms with van der Waals surface area (Å²) in [6.45, 7) is 0.747. The molecule has 2 N–H and O–H groups in total. The van der Waals surface area contributed by atoms with Crippen LogP contribution in [0.3, 0.4) is 0 Å². The van der Waals surface area contributed by atoms with Crippen molar-refractivity contribution in [1.29, 1.82) is 0 Å². The second-order valence-corrected chi connectivity index (χ2v) is 6.11. The molecule has 0 fully saturated rings. The van der Waals surface area contributed by atoms with Gasteiger partial charge >= 0.3 is 0 Å². The average molecular weight is 367 g/mol. The lowest BCUT2D eigenvalue weighted by atomic mass is 10.1. The van der Waals surface area contributed by atoms with Gasteiger partial charge in [0.1, 0.15) is 5.70 Å². The van der Waals surface area contributed by atoms with Gasteiger partial charge in [0.15, 0.2) is 0 Å². The molecule has 2 rings (SSSR count). The third-order valence-corrected chi connectivity index (χ3v) is 3.84. The molecule has 2 aromatic carbocycles. The molecule has 0 heterocycles. The van der Waals surface area contributed by atoms with Gasteiger partial charge in [0.25, 0.3) is 11.8 Å². The van der Waals surface area contributed by atoms with E-state index in [0.717, 1.165) is 11.3 Å². The summed E-state index contributed by atoms with van der Waals surface area (Å²) in [7, 11) is 5.48. The molecular weight excluding hydrogens is 342 g/mol. The Kier molecular flexibility index (Phi) is 7.58. The fraction of sp³-hybridized carbons (Fsp3) is 0.238. The zero-order chi connectivity index (χ0) is 19.6. The molecule has 2 amide bonds. The van der Waals surface area contributed by atoms with Crippen LogP contribution in [0.25, 0.3) is 6.08 Å². The van der Waals surface area contributed by atoms with E-state index in [0.29, 0.717) is 18.7 Å². The molecule has 27 heavy (non-hydrogen) atoms. The Morgan fingerprint density at radius 1 is 1.04 bits per heavy atom. The molecule has 0 atom stereocenters. The van der Waals surface area contributed by atoms with Crippen molar-refractivity contribution < 1.29 is 14.3 Å². The second-order valence-electron chi connectivity index (χ2n) is 6.11. The van der Waals surface area contributed by atoms with Crippen LogP contribution in [0.1, 0.15) is 15.9 Å². The molecule has 0 radical (unpaired) electrons. The van der Waals surface area contributed by atoms with Gasteiger partial charge in [-0.25, -0.2) is 0 Å². The standard InChI is InChI=1S/C21H25N3O3/c1-24(2)18-11-9-16(10-12-18)15-19(21(26)22-13-14-27-3)23-20(25)17-7-5-4-6-8-17/h4-12,15H,13-14H2,1-3H3,(H,22,26)(H,23,25). The highest BCUT2D eigenvalue weighted by molar-refractivity contribution is 6.05. The molecule has 0 aliphatic rings. The fourth-order valence-corrected chi connectivity index (χ4v) is 2.34. The topological polar surface area (TPSA) is 70.7 Å². The molecule has 6 nitrogen and oxygen atoms in total. The summed E-state index contributed by atoms with van der Waals surface area (Å²) in [6, 6.07) is 16.5. The molecule has 0 aromatic heterocycles. The Labute approximate surface area is 159 Å². The average Bonchev–Trinajstić information content (AvgIpc) is 2.68. The van der Waals surface area contributed by atoms with Gasteiger partial charge in [0.05, 0.1) is 6.61 Å². The summed E-state index contributed by atoms with van der Waals surface area (Å²) < 4.78 is 4.95. The minimum absolute atomic E-state index is 0.178. The largest absolute Gasteiger partial charge is 0.383 e. The van der Waals surface area contributed by atoms with E-state index in [1.165, 1.54) is 0 Å². The van der Waals surface area contributed by atoms with Gasteiger partial charge in [-0.2, -0.15) is 0 Å². The molecular formula is C21H25N3O3. The lowest BCUT2D eigenvalue weighted by molar-refractivity contribution is -0.117. The maximum absolute atomic E-state index is 12.5. The molecule has 0 bridgehead atoms. The summed E-state index contributed by atoms with van der Waals surface area (Å²) in [5.74, 6) is -0.707. The normalized spacial score (nSPS) is 11.0. The van der Waals surface area contributed by atoms with Crippen LogP contribution in [0.5, 0.6) is 0 Å². The molecule has 0 saturated heterocycles. The van der Waals surface area contributed by atoms with E-state index >= 15 is 0 Å². The molecule has 0 aliphatic carbocycles. The summed E-state index contributed by atoms with van der Waals surface area (Å²) >= 11 is 0. The number of amides is 2. The number of hydrogen-bond acceptors (Lipinski definition) is 4. The zero-order valence-corrected chi connectivity index (χ0v) is 15.9. The van der Waals surface area contributed by atoms with E-state index in [1.54, 1.807) is 37.5 Å². The Bertz CT molecular complexity index is 784. The van der Waals surface area contributed by atoms with E-state index in [2.05, 4.69) is 10.6 Å². The molecule has 0 saturated carbocycles. The fourth-order valence-electron chi connectivity index (χ4n) is 2.34. The maximum atomic E-state index is 12.5. The third kappa shape index (κ3) is 6.27. The van der Waals surface area contributed by atoms with Crippen molar-refractivity contribution in [3.05, 3.63) is 71.4 Å². The monoisotopic (exact) mass is 367 g/mol. The van der Waals surface area contributed by atoms with Crippen LogP contribution in [0, 0.1) is 0 Å². The highest BCUT2D eigenvalue weighted by Crippen LogP contribution is 2.14. The summed E-state index contributed by atoms with van der Waals surface area (Å²) in [6.07, 6.45) is 1.66. The molecule has 0 spiro atoms. The summed E-state index contributed by atoms with van der Waals surface area (Å²) in [4.78, 5) is 27.0. The van der Waals surface area contributed by atoms with Gasteiger partial charge in [-0.05, 0) is 35.9 Å². The molecule has 0 aliphatic heterocycles. The molecule has 2 aromatic rings. The van der Waals surface area contributed by atoms with E-state index in [9.17, 15) is 9.59 Å². The van der Waals surface area contributed by atoms with Crippen LogP contribution in [0.2, 0.25) is 0 Å². The van der Waals surface area contributed by atoms with E-state index in [1.807, 2.05) is 49.3 Å². The summed E-state index contributed by atoms with van der Waals surface area (Å²) in [5, 5.41) is 5.44. The Hall–Kier alpha value is -3.12. The smallest absolute Gasteiger partial charge is 0.267 e. The quantitative estimate of drug-likeness (QED) is 0.555. The number of anilines is 1. The number of methoxy groups -OCH3 is 1. The van der Waals surface area contributed by atoms with Gasteiger partial charge in [0.2, 0.25) is 0 Å². The lowest BCUT2D eigenvalue weighted by Gasteiger charge is -2.13. The SMILES string of the molecule is COCCNC(=O)C(=Cc1ccc(N(C)C)cc1)NC(=O)c1ccccc1. The minimum Gasteiger partial charge on any atom is -0.383 e. The van der Waals surface area contributed by atoms with E-state index in [4.69, 9.17) is 4.74 Å². The molecule has 0 unspecified atom stereocenters. The first-order chi connectivity index (χ1) is 13.0. The van der Waals surface area contributed by atoms with Crippen molar-refractivity contribution in [3.63, 3.8) is 0 Å². The number of carbonyl (C=O) groups excluding carboxylic acids is 2. The number of nitrogens with zero attached hydrogens (tertiary/aromatic N) is 1. The first-order valence-electron chi connectivity index (χ1n) is 8.64. The van der Waals surface area contributed by atoms with Crippen molar-refractivity contribution in [1.82, 2.24) is 10.6 Å².